The number of carbonyl (C=O) groups is 1. The summed E-state index contributed by atoms with van der Waals surface area (Å²) in [5.74, 6) is 0.588. The third-order valence-corrected chi connectivity index (χ3v) is 5.11. The van der Waals surface area contributed by atoms with E-state index in [9.17, 15) is 9.90 Å². The lowest BCUT2D eigenvalue weighted by molar-refractivity contribution is 0.103. The Morgan fingerprint density at radius 2 is 1.40 bits per heavy atom. The number of phenolic OH excluding ortho intramolecular Hbond substituents is 1. The van der Waals surface area contributed by atoms with Crippen LogP contribution in [0.3, 0.4) is 0 Å². The van der Waals surface area contributed by atoms with Gasteiger partial charge in [0.1, 0.15) is 5.75 Å². The second kappa shape index (κ2) is 7.58. The molecule has 0 atom stereocenters. The van der Waals surface area contributed by atoms with E-state index in [0.29, 0.717) is 17.0 Å². The maximum absolute atomic E-state index is 12.5. The van der Waals surface area contributed by atoms with Crippen molar-refractivity contribution in [2.45, 2.75) is 29.6 Å². The molecule has 25 heavy (non-hydrogen) atoms. The van der Waals surface area contributed by atoms with Gasteiger partial charge in [0.05, 0.1) is 0 Å². The zero-order chi connectivity index (χ0) is 17.8. The van der Waals surface area contributed by atoms with Crippen molar-refractivity contribution in [2.75, 3.05) is 0 Å². The molecular formula is C22H20O2S. The summed E-state index contributed by atoms with van der Waals surface area (Å²) in [6.07, 6.45) is 0. The van der Waals surface area contributed by atoms with Gasteiger partial charge in [-0.25, -0.2) is 0 Å². The van der Waals surface area contributed by atoms with Crippen LogP contribution in [0.5, 0.6) is 5.75 Å². The Morgan fingerprint density at radius 3 is 2.00 bits per heavy atom. The lowest BCUT2D eigenvalue weighted by Gasteiger charge is -2.12. The summed E-state index contributed by atoms with van der Waals surface area (Å²) in [5, 5.41) is 9.33. The molecule has 3 rings (SSSR count). The monoisotopic (exact) mass is 348 g/mol. The van der Waals surface area contributed by atoms with Gasteiger partial charge in [-0.2, -0.15) is 0 Å². The zero-order valence-corrected chi connectivity index (χ0v) is 15.1. The second-order valence-electron chi connectivity index (χ2n) is 6.19. The standard InChI is InChI=1S/C22H20O2S/c1-15(2)20-5-3-4-6-21(20)25-19-13-9-17(10-14-19)22(24)16-7-11-18(23)12-8-16/h3-15,23H,1-2H3. The maximum Gasteiger partial charge on any atom is 0.193 e. The van der Waals surface area contributed by atoms with Gasteiger partial charge >= 0.3 is 0 Å². The fraction of sp³-hybridized carbons (Fsp3) is 0.136. The molecule has 0 aliphatic heterocycles. The normalized spacial score (nSPS) is 10.8. The van der Waals surface area contributed by atoms with Crippen LogP contribution in [-0.2, 0) is 0 Å². The molecule has 0 saturated carbocycles. The number of rotatable bonds is 5. The molecule has 0 radical (unpaired) electrons. The molecule has 3 heteroatoms. The van der Waals surface area contributed by atoms with Crippen molar-refractivity contribution in [3.05, 3.63) is 89.5 Å². The number of hydrogen-bond donors (Lipinski definition) is 1. The molecule has 0 heterocycles. The van der Waals surface area contributed by atoms with E-state index in [0.717, 1.165) is 4.90 Å². The Balaban J connectivity index is 1.79. The van der Waals surface area contributed by atoms with Crippen LogP contribution in [0.4, 0.5) is 0 Å². The average molecular weight is 348 g/mol. The zero-order valence-electron chi connectivity index (χ0n) is 14.3. The highest BCUT2D eigenvalue weighted by Gasteiger charge is 2.10. The van der Waals surface area contributed by atoms with Crippen LogP contribution in [0, 0.1) is 0 Å². The van der Waals surface area contributed by atoms with Gasteiger partial charge in [-0.3, -0.25) is 4.79 Å². The number of carbonyl (C=O) groups excluding carboxylic acids is 1. The van der Waals surface area contributed by atoms with Gasteiger partial charge in [-0.1, -0.05) is 43.8 Å². The van der Waals surface area contributed by atoms with Crippen molar-refractivity contribution in [3.8, 4) is 5.75 Å². The first kappa shape index (κ1) is 17.3. The molecule has 0 spiro atoms. The van der Waals surface area contributed by atoms with E-state index in [2.05, 4.69) is 38.1 Å². The van der Waals surface area contributed by atoms with Gasteiger partial charge < -0.3 is 5.11 Å². The fourth-order valence-corrected chi connectivity index (χ4v) is 3.73. The number of hydrogen-bond acceptors (Lipinski definition) is 3. The van der Waals surface area contributed by atoms with E-state index in [1.165, 1.54) is 22.6 Å². The summed E-state index contributed by atoms with van der Waals surface area (Å²) < 4.78 is 0. The molecule has 2 nitrogen and oxygen atoms in total. The molecule has 0 aromatic heterocycles. The van der Waals surface area contributed by atoms with Gasteiger partial charge in [-0.05, 0) is 66.1 Å². The SMILES string of the molecule is CC(C)c1ccccc1Sc1ccc(C(=O)c2ccc(O)cc2)cc1. The molecule has 126 valence electrons. The van der Waals surface area contributed by atoms with Gasteiger partial charge in [0.15, 0.2) is 5.78 Å². The molecule has 0 saturated heterocycles. The van der Waals surface area contributed by atoms with Crippen molar-refractivity contribution in [1.82, 2.24) is 0 Å². The van der Waals surface area contributed by atoms with E-state index in [1.807, 2.05) is 24.3 Å². The molecule has 1 N–H and O–H groups in total. The Hall–Kier alpha value is -2.52. The minimum Gasteiger partial charge on any atom is -0.508 e. The molecular weight excluding hydrogens is 328 g/mol. The van der Waals surface area contributed by atoms with E-state index < -0.39 is 0 Å². The van der Waals surface area contributed by atoms with Crippen LogP contribution >= 0.6 is 11.8 Å². The molecule has 0 fully saturated rings. The van der Waals surface area contributed by atoms with Gasteiger partial charge in [0, 0.05) is 20.9 Å². The molecule has 0 bridgehead atoms. The molecule has 0 amide bonds. The Morgan fingerprint density at radius 1 is 0.840 bits per heavy atom. The maximum atomic E-state index is 12.5. The third kappa shape index (κ3) is 4.12. The average Bonchev–Trinajstić information content (AvgIpc) is 2.63. The van der Waals surface area contributed by atoms with Crippen molar-refractivity contribution >= 4 is 17.5 Å². The quantitative estimate of drug-likeness (QED) is 0.583. The number of ketones is 1. The first-order valence-corrected chi connectivity index (χ1v) is 9.07. The highest BCUT2D eigenvalue weighted by Crippen LogP contribution is 2.34. The van der Waals surface area contributed by atoms with Gasteiger partial charge in [0.25, 0.3) is 0 Å². The molecule has 0 unspecified atom stereocenters. The first-order chi connectivity index (χ1) is 12.0. The van der Waals surface area contributed by atoms with Crippen molar-refractivity contribution in [2.24, 2.45) is 0 Å². The lowest BCUT2D eigenvalue weighted by atomic mass is 10.0. The Bertz CT molecular complexity index is 865. The van der Waals surface area contributed by atoms with Crippen LogP contribution < -0.4 is 0 Å². The van der Waals surface area contributed by atoms with E-state index in [4.69, 9.17) is 0 Å². The summed E-state index contributed by atoms with van der Waals surface area (Å²) >= 11 is 1.72. The largest absolute Gasteiger partial charge is 0.508 e. The predicted octanol–water partition coefficient (Wildman–Crippen LogP) is 5.90. The summed E-state index contributed by atoms with van der Waals surface area (Å²) in [5.41, 5.74) is 2.55. The van der Waals surface area contributed by atoms with Crippen LogP contribution in [0.15, 0.2) is 82.6 Å². The first-order valence-electron chi connectivity index (χ1n) is 8.25. The van der Waals surface area contributed by atoms with Gasteiger partial charge in [-0.15, -0.1) is 0 Å². The summed E-state index contributed by atoms with van der Waals surface area (Å²) in [4.78, 5) is 14.8. The van der Waals surface area contributed by atoms with E-state index in [1.54, 1.807) is 23.9 Å². The Labute approximate surface area is 152 Å². The summed E-state index contributed by atoms with van der Waals surface area (Å²) in [6, 6.07) is 22.4. The summed E-state index contributed by atoms with van der Waals surface area (Å²) in [6.45, 7) is 4.39. The number of phenols is 1. The smallest absolute Gasteiger partial charge is 0.193 e. The van der Waals surface area contributed by atoms with Crippen molar-refractivity contribution in [1.29, 1.82) is 0 Å². The molecule has 3 aromatic carbocycles. The highest BCUT2D eigenvalue weighted by atomic mass is 32.2. The fourth-order valence-electron chi connectivity index (χ4n) is 2.63. The summed E-state index contributed by atoms with van der Waals surface area (Å²) in [7, 11) is 0. The highest BCUT2D eigenvalue weighted by molar-refractivity contribution is 7.99. The number of benzene rings is 3. The van der Waals surface area contributed by atoms with E-state index in [-0.39, 0.29) is 11.5 Å². The lowest BCUT2D eigenvalue weighted by Crippen LogP contribution is -2.00. The van der Waals surface area contributed by atoms with Crippen LogP contribution in [-0.4, -0.2) is 10.9 Å². The minimum atomic E-state index is -0.0425. The minimum absolute atomic E-state index is 0.0425. The predicted molar refractivity (Wildman–Crippen MR) is 103 cm³/mol. The molecule has 3 aromatic rings. The second-order valence-corrected chi connectivity index (χ2v) is 7.31. The third-order valence-electron chi connectivity index (χ3n) is 4.01. The molecule has 0 aliphatic carbocycles. The van der Waals surface area contributed by atoms with Crippen LogP contribution in [0.25, 0.3) is 0 Å². The molecule has 0 aliphatic rings. The van der Waals surface area contributed by atoms with Crippen molar-refractivity contribution < 1.29 is 9.90 Å². The van der Waals surface area contributed by atoms with E-state index >= 15 is 0 Å². The number of aromatic hydroxyl groups is 1. The topological polar surface area (TPSA) is 37.3 Å². The van der Waals surface area contributed by atoms with Crippen LogP contribution in [0.1, 0.15) is 41.3 Å². The van der Waals surface area contributed by atoms with Gasteiger partial charge in [0.2, 0.25) is 0 Å². The van der Waals surface area contributed by atoms with Crippen molar-refractivity contribution in [3.63, 3.8) is 0 Å². The Kier molecular flexibility index (Phi) is 5.25. The van der Waals surface area contributed by atoms with Crippen LogP contribution in [0.2, 0.25) is 0 Å².